The van der Waals surface area contributed by atoms with Crippen molar-refractivity contribution in [2.75, 3.05) is 7.11 Å². The Morgan fingerprint density at radius 2 is 2.38 bits per heavy atom. The van der Waals surface area contributed by atoms with Gasteiger partial charge in [0.05, 0.1) is 25.2 Å². The van der Waals surface area contributed by atoms with Crippen LogP contribution in [-0.2, 0) is 9.53 Å². The predicted octanol–water partition coefficient (Wildman–Crippen LogP) is 1.43. The van der Waals surface area contributed by atoms with E-state index in [1.807, 2.05) is 0 Å². The number of carbonyl (C=O) groups is 1. The number of carbonyl (C=O) groups excluding carboxylic acids is 1. The van der Waals surface area contributed by atoms with E-state index in [2.05, 4.69) is 30.6 Å². The summed E-state index contributed by atoms with van der Waals surface area (Å²) in [4.78, 5) is 18.6. The molecule has 0 bridgehead atoms. The van der Waals surface area contributed by atoms with Gasteiger partial charge in [-0.15, -0.1) is 0 Å². The van der Waals surface area contributed by atoms with Crippen LogP contribution in [0.4, 0.5) is 0 Å². The lowest BCUT2D eigenvalue weighted by molar-refractivity contribution is -0.134. The van der Waals surface area contributed by atoms with Crippen LogP contribution < -0.4 is 0 Å². The molecule has 0 spiro atoms. The second-order valence-corrected chi connectivity index (χ2v) is 2.94. The second-order valence-electron chi connectivity index (χ2n) is 2.12. The summed E-state index contributed by atoms with van der Waals surface area (Å²) < 4.78 is 5.04. The number of halogens is 1. The SMILES string of the molecule is COC(=O)C=Cc1cncc(Br)n1. The van der Waals surface area contributed by atoms with Gasteiger partial charge in [-0.05, 0) is 22.0 Å². The van der Waals surface area contributed by atoms with Crippen molar-refractivity contribution in [2.24, 2.45) is 0 Å². The van der Waals surface area contributed by atoms with E-state index in [9.17, 15) is 4.79 Å². The highest BCUT2D eigenvalue weighted by Crippen LogP contribution is 2.04. The number of hydrogen-bond acceptors (Lipinski definition) is 4. The van der Waals surface area contributed by atoms with Crippen molar-refractivity contribution >= 4 is 28.0 Å². The number of methoxy groups -OCH3 is 1. The summed E-state index contributed by atoms with van der Waals surface area (Å²) in [5, 5.41) is 0. The minimum Gasteiger partial charge on any atom is -0.466 e. The molecule has 0 amide bonds. The van der Waals surface area contributed by atoms with E-state index in [1.54, 1.807) is 12.4 Å². The first-order valence-corrected chi connectivity index (χ1v) is 4.25. The number of esters is 1. The van der Waals surface area contributed by atoms with Crippen LogP contribution in [0.25, 0.3) is 6.08 Å². The van der Waals surface area contributed by atoms with Gasteiger partial charge in [0.25, 0.3) is 0 Å². The topological polar surface area (TPSA) is 52.1 Å². The molecule has 0 radical (unpaired) electrons. The normalized spacial score (nSPS) is 10.3. The van der Waals surface area contributed by atoms with Gasteiger partial charge in [0.2, 0.25) is 0 Å². The minimum atomic E-state index is -0.415. The van der Waals surface area contributed by atoms with Crippen LogP contribution in [0.3, 0.4) is 0 Å². The molecule has 1 aromatic heterocycles. The van der Waals surface area contributed by atoms with Crippen molar-refractivity contribution < 1.29 is 9.53 Å². The molecule has 1 rings (SSSR count). The first kappa shape index (κ1) is 9.85. The summed E-state index contributed by atoms with van der Waals surface area (Å²) in [6.07, 6.45) is 5.93. The molecule has 5 heteroatoms. The van der Waals surface area contributed by atoms with Gasteiger partial charge in [-0.25, -0.2) is 9.78 Å². The average molecular weight is 243 g/mol. The molecule has 0 aliphatic carbocycles. The number of aromatic nitrogens is 2. The minimum absolute atomic E-state index is 0.415. The maximum atomic E-state index is 10.7. The van der Waals surface area contributed by atoms with Crippen molar-refractivity contribution in [3.8, 4) is 0 Å². The van der Waals surface area contributed by atoms with Crippen molar-refractivity contribution in [3.05, 3.63) is 28.8 Å². The predicted molar refractivity (Wildman–Crippen MR) is 50.8 cm³/mol. The van der Waals surface area contributed by atoms with E-state index < -0.39 is 5.97 Å². The lowest BCUT2D eigenvalue weighted by Crippen LogP contribution is -1.94. The largest absolute Gasteiger partial charge is 0.466 e. The molecule has 0 unspecified atom stereocenters. The average Bonchev–Trinajstić information content (AvgIpc) is 2.14. The van der Waals surface area contributed by atoms with Gasteiger partial charge in [-0.1, -0.05) is 0 Å². The van der Waals surface area contributed by atoms with E-state index in [-0.39, 0.29) is 0 Å². The molecule has 1 heterocycles. The van der Waals surface area contributed by atoms with Crippen molar-refractivity contribution in [3.63, 3.8) is 0 Å². The van der Waals surface area contributed by atoms with Gasteiger partial charge in [0.15, 0.2) is 0 Å². The summed E-state index contributed by atoms with van der Waals surface area (Å²) >= 11 is 3.16. The molecule has 4 nitrogen and oxygen atoms in total. The van der Waals surface area contributed by atoms with Gasteiger partial charge < -0.3 is 4.74 Å². The molecule has 0 fully saturated rings. The molecule has 0 aliphatic rings. The highest BCUT2D eigenvalue weighted by atomic mass is 79.9. The molecule has 0 N–H and O–H groups in total. The fourth-order valence-electron chi connectivity index (χ4n) is 0.658. The number of ether oxygens (including phenoxy) is 1. The molecular formula is C8H7BrN2O2. The second kappa shape index (κ2) is 4.71. The van der Waals surface area contributed by atoms with Crippen LogP contribution >= 0.6 is 15.9 Å². The first-order valence-electron chi connectivity index (χ1n) is 3.46. The van der Waals surface area contributed by atoms with E-state index in [0.717, 1.165) is 0 Å². The van der Waals surface area contributed by atoms with E-state index in [1.165, 1.54) is 19.3 Å². The number of rotatable bonds is 2. The highest BCUT2D eigenvalue weighted by Gasteiger charge is 1.94. The van der Waals surface area contributed by atoms with Crippen LogP contribution in [0.2, 0.25) is 0 Å². The van der Waals surface area contributed by atoms with Crippen LogP contribution in [-0.4, -0.2) is 23.0 Å². The van der Waals surface area contributed by atoms with Crippen LogP contribution in [0.5, 0.6) is 0 Å². The highest BCUT2D eigenvalue weighted by molar-refractivity contribution is 9.10. The lowest BCUT2D eigenvalue weighted by atomic mass is 10.4. The Morgan fingerprint density at radius 3 is 3.00 bits per heavy atom. The van der Waals surface area contributed by atoms with Gasteiger partial charge in [0, 0.05) is 6.08 Å². The molecule has 0 saturated carbocycles. The van der Waals surface area contributed by atoms with Crippen LogP contribution in [0, 0.1) is 0 Å². The fraction of sp³-hybridized carbons (Fsp3) is 0.125. The Morgan fingerprint density at radius 1 is 1.62 bits per heavy atom. The van der Waals surface area contributed by atoms with E-state index >= 15 is 0 Å². The van der Waals surface area contributed by atoms with Gasteiger partial charge in [-0.2, -0.15) is 0 Å². The Bertz CT molecular complexity index is 339. The summed E-state index contributed by atoms with van der Waals surface area (Å²) in [5.41, 5.74) is 0.597. The number of nitrogens with zero attached hydrogens (tertiary/aromatic N) is 2. The zero-order valence-corrected chi connectivity index (χ0v) is 8.48. The van der Waals surface area contributed by atoms with Crippen molar-refractivity contribution in [2.45, 2.75) is 0 Å². The first-order chi connectivity index (χ1) is 6.22. The van der Waals surface area contributed by atoms with Crippen molar-refractivity contribution in [1.29, 1.82) is 0 Å². The van der Waals surface area contributed by atoms with Gasteiger partial charge in [0.1, 0.15) is 4.60 Å². The van der Waals surface area contributed by atoms with Crippen LogP contribution in [0.1, 0.15) is 5.69 Å². The Balaban J connectivity index is 2.74. The zero-order valence-electron chi connectivity index (χ0n) is 6.90. The quantitative estimate of drug-likeness (QED) is 0.582. The van der Waals surface area contributed by atoms with Gasteiger partial charge >= 0.3 is 5.97 Å². The molecule has 13 heavy (non-hydrogen) atoms. The molecule has 0 aromatic carbocycles. The summed E-state index contributed by atoms with van der Waals surface area (Å²) in [5.74, 6) is -0.415. The maximum absolute atomic E-state index is 10.7. The zero-order chi connectivity index (χ0) is 9.68. The summed E-state index contributed by atoms with van der Waals surface area (Å²) in [6.45, 7) is 0. The molecule has 0 aliphatic heterocycles. The third-order valence-electron chi connectivity index (χ3n) is 1.22. The molecule has 68 valence electrons. The van der Waals surface area contributed by atoms with Crippen LogP contribution in [0.15, 0.2) is 23.1 Å². The summed E-state index contributed by atoms with van der Waals surface area (Å²) in [6, 6.07) is 0. The third kappa shape index (κ3) is 3.33. The third-order valence-corrected chi connectivity index (χ3v) is 1.60. The Labute approximate surface area is 83.8 Å². The smallest absolute Gasteiger partial charge is 0.330 e. The molecule has 0 saturated heterocycles. The fourth-order valence-corrected chi connectivity index (χ4v) is 0.981. The standard InChI is InChI=1S/C8H7BrN2O2/c1-13-8(12)3-2-6-4-10-5-7(9)11-6/h2-5H,1H3. The lowest BCUT2D eigenvalue weighted by Gasteiger charge is -1.92. The van der Waals surface area contributed by atoms with E-state index in [0.29, 0.717) is 10.3 Å². The van der Waals surface area contributed by atoms with Gasteiger partial charge in [-0.3, -0.25) is 4.98 Å². The molecular weight excluding hydrogens is 236 g/mol. The van der Waals surface area contributed by atoms with E-state index in [4.69, 9.17) is 0 Å². The Kier molecular flexibility index (Phi) is 3.57. The van der Waals surface area contributed by atoms with Crippen molar-refractivity contribution in [1.82, 2.24) is 9.97 Å². The maximum Gasteiger partial charge on any atom is 0.330 e. The molecule has 0 atom stereocenters. The summed E-state index contributed by atoms with van der Waals surface area (Å²) in [7, 11) is 1.32. The molecule has 1 aromatic rings. The Hall–Kier alpha value is -1.23. The number of hydrogen-bond donors (Lipinski definition) is 0. The monoisotopic (exact) mass is 242 g/mol.